The van der Waals surface area contributed by atoms with E-state index in [2.05, 4.69) is 11.8 Å². The summed E-state index contributed by atoms with van der Waals surface area (Å²) in [5.41, 5.74) is 7.49. The minimum absolute atomic E-state index is 0.196. The summed E-state index contributed by atoms with van der Waals surface area (Å²) in [6.07, 6.45) is 3.82. The van der Waals surface area contributed by atoms with Crippen LogP contribution in [0.2, 0.25) is 0 Å². The summed E-state index contributed by atoms with van der Waals surface area (Å²) in [6, 6.07) is 4.63. The molecule has 1 aliphatic heterocycles. The van der Waals surface area contributed by atoms with Crippen LogP contribution >= 0.6 is 0 Å². The molecule has 0 bridgehead atoms. The Morgan fingerprint density at radius 1 is 1.47 bits per heavy atom. The molecule has 1 aromatic carbocycles. The Morgan fingerprint density at radius 3 is 3.06 bits per heavy atom. The van der Waals surface area contributed by atoms with Crippen LogP contribution in [0.5, 0.6) is 0 Å². The Morgan fingerprint density at radius 2 is 2.29 bits per heavy atom. The van der Waals surface area contributed by atoms with Gasteiger partial charge in [0.2, 0.25) is 0 Å². The average molecular weight is 236 g/mol. The highest BCUT2D eigenvalue weighted by Gasteiger charge is 2.22. The molecule has 2 nitrogen and oxygen atoms in total. The van der Waals surface area contributed by atoms with Gasteiger partial charge in [-0.05, 0) is 49.1 Å². The van der Waals surface area contributed by atoms with Crippen molar-refractivity contribution in [2.45, 2.75) is 32.7 Å². The number of nitrogen functional groups attached to an aromatic ring is 1. The van der Waals surface area contributed by atoms with Gasteiger partial charge in [-0.15, -0.1) is 0 Å². The van der Waals surface area contributed by atoms with Gasteiger partial charge in [-0.1, -0.05) is 13.3 Å². The van der Waals surface area contributed by atoms with E-state index in [0.717, 1.165) is 31.1 Å². The van der Waals surface area contributed by atoms with Crippen molar-refractivity contribution in [3.63, 3.8) is 0 Å². The number of rotatable bonds is 4. The van der Waals surface area contributed by atoms with E-state index in [4.69, 9.17) is 5.73 Å². The molecule has 0 aromatic heterocycles. The number of halogens is 1. The largest absolute Gasteiger partial charge is 0.398 e. The molecule has 0 spiro atoms. The van der Waals surface area contributed by atoms with E-state index in [1.54, 1.807) is 12.1 Å². The second kappa shape index (κ2) is 5.50. The Kier molecular flexibility index (Phi) is 4.00. The zero-order chi connectivity index (χ0) is 12.3. The van der Waals surface area contributed by atoms with Crippen molar-refractivity contribution < 1.29 is 4.39 Å². The quantitative estimate of drug-likeness (QED) is 0.814. The second-order valence-electron chi connectivity index (χ2n) is 5.02. The lowest BCUT2D eigenvalue weighted by Gasteiger charge is -2.17. The van der Waals surface area contributed by atoms with Gasteiger partial charge in [-0.2, -0.15) is 0 Å². The Labute approximate surface area is 103 Å². The van der Waals surface area contributed by atoms with Gasteiger partial charge in [0.25, 0.3) is 0 Å². The molecule has 1 aliphatic rings. The molecular weight excluding hydrogens is 215 g/mol. The number of nitrogens with two attached hydrogens (primary N) is 1. The minimum atomic E-state index is -0.196. The van der Waals surface area contributed by atoms with E-state index in [1.807, 2.05) is 0 Å². The van der Waals surface area contributed by atoms with Crippen LogP contribution in [0.15, 0.2) is 18.2 Å². The van der Waals surface area contributed by atoms with Crippen molar-refractivity contribution in [3.05, 3.63) is 29.6 Å². The van der Waals surface area contributed by atoms with Gasteiger partial charge in [0.1, 0.15) is 5.82 Å². The molecular formula is C14H21FN2. The summed E-state index contributed by atoms with van der Waals surface area (Å²) in [6.45, 7) is 5.25. The fourth-order valence-corrected chi connectivity index (χ4v) is 2.65. The first-order chi connectivity index (χ1) is 8.19. The highest BCUT2D eigenvalue weighted by atomic mass is 19.1. The van der Waals surface area contributed by atoms with Crippen molar-refractivity contribution in [2.24, 2.45) is 5.92 Å². The molecule has 1 saturated heterocycles. The van der Waals surface area contributed by atoms with E-state index >= 15 is 0 Å². The summed E-state index contributed by atoms with van der Waals surface area (Å²) in [4.78, 5) is 2.38. The molecule has 94 valence electrons. The third kappa shape index (κ3) is 3.19. The standard InChI is InChI=1S/C14H21FN2/c1-2-3-11-6-7-17(9-11)10-12-8-13(15)4-5-14(12)16/h4-5,8,11H,2-3,6-7,9-10,16H2,1H3. The minimum Gasteiger partial charge on any atom is -0.398 e. The SMILES string of the molecule is CCCC1CCN(Cc2cc(F)ccc2N)C1. The van der Waals surface area contributed by atoms with Crippen molar-refractivity contribution in [3.8, 4) is 0 Å². The monoisotopic (exact) mass is 236 g/mol. The summed E-state index contributed by atoms with van der Waals surface area (Å²) < 4.78 is 13.1. The van der Waals surface area contributed by atoms with Gasteiger partial charge >= 0.3 is 0 Å². The number of benzene rings is 1. The van der Waals surface area contributed by atoms with Crippen LogP contribution in [0.1, 0.15) is 31.7 Å². The fraction of sp³-hybridized carbons (Fsp3) is 0.571. The Hall–Kier alpha value is -1.09. The number of hydrogen-bond acceptors (Lipinski definition) is 2. The maximum atomic E-state index is 13.1. The zero-order valence-electron chi connectivity index (χ0n) is 10.5. The predicted octanol–water partition coefficient (Wildman–Crippen LogP) is 3.03. The second-order valence-corrected chi connectivity index (χ2v) is 5.02. The van der Waals surface area contributed by atoms with Crippen LogP contribution < -0.4 is 5.73 Å². The van der Waals surface area contributed by atoms with Crippen LogP contribution in [-0.4, -0.2) is 18.0 Å². The molecule has 0 radical (unpaired) electrons. The summed E-state index contributed by atoms with van der Waals surface area (Å²) in [5.74, 6) is 0.619. The fourth-order valence-electron chi connectivity index (χ4n) is 2.65. The highest BCUT2D eigenvalue weighted by molar-refractivity contribution is 5.46. The number of hydrogen-bond donors (Lipinski definition) is 1. The van der Waals surface area contributed by atoms with Crippen LogP contribution in [0.25, 0.3) is 0 Å². The maximum Gasteiger partial charge on any atom is 0.123 e. The smallest absolute Gasteiger partial charge is 0.123 e. The van der Waals surface area contributed by atoms with Gasteiger partial charge in [-0.3, -0.25) is 4.90 Å². The van der Waals surface area contributed by atoms with E-state index in [-0.39, 0.29) is 5.82 Å². The van der Waals surface area contributed by atoms with Gasteiger partial charge < -0.3 is 5.73 Å². The van der Waals surface area contributed by atoms with Crippen molar-refractivity contribution >= 4 is 5.69 Å². The van der Waals surface area contributed by atoms with Crippen LogP contribution in [0.4, 0.5) is 10.1 Å². The Balaban J connectivity index is 1.95. The van der Waals surface area contributed by atoms with Gasteiger partial charge in [-0.25, -0.2) is 4.39 Å². The lowest BCUT2D eigenvalue weighted by Crippen LogP contribution is -2.20. The van der Waals surface area contributed by atoms with Crippen LogP contribution in [0.3, 0.4) is 0 Å². The highest BCUT2D eigenvalue weighted by Crippen LogP contribution is 2.24. The Bertz CT molecular complexity index is 378. The predicted molar refractivity (Wildman–Crippen MR) is 69.1 cm³/mol. The van der Waals surface area contributed by atoms with Gasteiger partial charge in [0.05, 0.1) is 0 Å². The molecule has 0 aliphatic carbocycles. The molecule has 0 amide bonds. The van der Waals surface area contributed by atoms with E-state index < -0.39 is 0 Å². The van der Waals surface area contributed by atoms with Gasteiger partial charge in [0.15, 0.2) is 0 Å². The zero-order valence-corrected chi connectivity index (χ0v) is 10.5. The first kappa shape index (κ1) is 12.4. The summed E-state index contributed by atoms with van der Waals surface area (Å²) >= 11 is 0. The van der Waals surface area contributed by atoms with Crippen LogP contribution in [0, 0.1) is 11.7 Å². The van der Waals surface area contributed by atoms with Crippen molar-refractivity contribution in [1.82, 2.24) is 4.90 Å². The van der Waals surface area contributed by atoms with E-state index in [9.17, 15) is 4.39 Å². The normalized spacial score (nSPS) is 20.9. The molecule has 1 aromatic rings. The molecule has 17 heavy (non-hydrogen) atoms. The molecule has 0 saturated carbocycles. The molecule has 2 N–H and O–H groups in total. The first-order valence-corrected chi connectivity index (χ1v) is 6.45. The van der Waals surface area contributed by atoms with Crippen LogP contribution in [-0.2, 0) is 6.54 Å². The topological polar surface area (TPSA) is 29.3 Å². The lowest BCUT2D eigenvalue weighted by molar-refractivity contribution is 0.313. The van der Waals surface area contributed by atoms with E-state index in [0.29, 0.717) is 5.69 Å². The third-order valence-corrected chi connectivity index (χ3v) is 3.57. The first-order valence-electron chi connectivity index (χ1n) is 6.45. The third-order valence-electron chi connectivity index (χ3n) is 3.57. The molecule has 1 fully saturated rings. The number of nitrogens with zero attached hydrogens (tertiary/aromatic N) is 1. The average Bonchev–Trinajstić information content (AvgIpc) is 2.72. The number of anilines is 1. The number of likely N-dealkylation sites (tertiary alicyclic amines) is 1. The molecule has 1 unspecified atom stereocenters. The van der Waals surface area contributed by atoms with Crippen molar-refractivity contribution in [1.29, 1.82) is 0 Å². The lowest BCUT2D eigenvalue weighted by atomic mass is 10.0. The maximum absolute atomic E-state index is 13.1. The molecule has 1 atom stereocenters. The summed E-state index contributed by atoms with van der Waals surface area (Å²) in [7, 11) is 0. The molecule has 3 heteroatoms. The molecule has 2 rings (SSSR count). The van der Waals surface area contributed by atoms with E-state index in [1.165, 1.54) is 25.3 Å². The van der Waals surface area contributed by atoms with Crippen molar-refractivity contribution in [2.75, 3.05) is 18.8 Å². The molecule has 1 heterocycles. The summed E-state index contributed by atoms with van der Waals surface area (Å²) in [5, 5.41) is 0. The van der Waals surface area contributed by atoms with Gasteiger partial charge in [0, 0.05) is 18.8 Å².